The fourth-order valence-electron chi connectivity index (χ4n) is 2.81. The number of carbonyl (C=O) groups is 3. The van der Waals surface area contributed by atoms with E-state index in [0.29, 0.717) is 27.1 Å². The summed E-state index contributed by atoms with van der Waals surface area (Å²) < 4.78 is 0. The normalized spacial score (nSPS) is 11.1. The van der Waals surface area contributed by atoms with Crippen molar-refractivity contribution in [2.45, 2.75) is 13.3 Å². The van der Waals surface area contributed by atoms with Crippen molar-refractivity contribution in [3.63, 3.8) is 0 Å². The van der Waals surface area contributed by atoms with Crippen LogP contribution in [0.4, 0.5) is 11.4 Å². The molecule has 0 fully saturated rings. The molecule has 31 heavy (non-hydrogen) atoms. The lowest BCUT2D eigenvalue weighted by Crippen LogP contribution is -2.33. The molecule has 0 atom stereocenters. The molecular formula is C22H18Cl2N4O3. The van der Waals surface area contributed by atoms with Crippen LogP contribution < -0.4 is 16.1 Å². The van der Waals surface area contributed by atoms with E-state index in [1.165, 1.54) is 0 Å². The number of fused-ring (bicyclic) bond motifs is 1. The highest BCUT2D eigenvalue weighted by Gasteiger charge is 2.15. The molecule has 0 aliphatic heterocycles. The van der Waals surface area contributed by atoms with Gasteiger partial charge in [0, 0.05) is 32.5 Å². The topological polar surface area (TPSA) is 99.7 Å². The van der Waals surface area contributed by atoms with Crippen LogP contribution in [0.15, 0.2) is 65.8 Å². The SMILES string of the molecule is C/C(CC(=O)Nc1cc(Cl)cc(Cl)c1)=N\NC(=O)C(=O)Nc1cccc2ccccc12. The van der Waals surface area contributed by atoms with Crippen LogP contribution in [-0.2, 0) is 14.4 Å². The van der Waals surface area contributed by atoms with E-state index in [2.05, 4.69) is 21.2 Å². The second-order valence-corrected chi connectivity index (χ2v) is 7.52. The molecule has 0 saturated carbocycles. The van der Waals surface area contributed by atoms with E-state index < -0.39 is 11.8 Å². The summed E-state index contributed by atoms with van der Waals surface area (Å²) in [5, 5.41) is 11.5. The zero-order chi connectivity index (χ0) is 22.4. The van der Waals surface area contributed by atoms with Gasteiger partial charge in [0.05, 0.1) is 6.42 Å². The third kappa shape index (κ3) is 6.28. The summed E-state index contributed by atoms with van der Waals surface area (Å²) in [6, 6.07) is 17.5. The Hall–Kier alpha value is -3.42. The number of nitrogens with zero attached hydrogens (tertiary/aromatic N) is 1. The monoisotopic (exact) mass is 456 g/mol. The Bertz CT molecular complexity index is 1170. The zero-order valence-electron chi connectivity index (χ0n) is 16.4. The van der Waals surface area contributed by atoms with Crippen molar-refractivity contribution in [1.82, 2.24) is 5.43 Å². The van der Waals surface area contributed by atoms with Crippen LogP contribution in [0, 0.1) is 0 Å². The molecule has 0 radical (unpaired) electrons. The summed E-state index contributed by atoms with van der Waals surface area (Å²) in [4.78, 5) is 36.4. The molecule has 3 aromatic carbocycles. The molecular weight excluding hydrogens is 439 g/mol. The summed E-state index contributed by atoms with van der Waals surface area (Å²) in [6.45, 7) is 1.55. The molecule has 0 saturated heterocycles. The largest absolute Gasteiger partial charge is 0.329 e. The van der Waals surface area contributed by atoms with Gasteiger partial charge < -0.3 is 10.6 Å². The van der Waals surface area contributed by atoms with E-state index in [1.54, 1.807) is 37.3 Å². The molecule has 7 nitrogen and oxygen atoms in total. The third-order valence-corrected chi connectivity index (χ3v) is 4.59. The summed E-state index contributed by atoms with van der Waals surface area (Å²) in [5.41, 5.74) is 3.41. The number of carbonyl (C=O) groups excluding carboxylic acids is 3. The van der Waals surface area contributed by atoms with Gasteiger partial charge >= 0.3 is 11.8 Å². The summed E-state index contributed by atoms with van der Waals surface area (Å²) in [7, 11) is 0. The molecule has 3 rings (SSSR count). The minimum atomic E-state index is -0.950. The molecule has 0 aliphatic carbocycles. The van der Waals surface area contributed by atoms with Crippen LogP contribution in [0.5, 0.6) is 0 Å². The van der Waals surface area contributed by atoms with E-state index in [9.17, 15) is 14.4 Å². The lowest BCUT2D eigenvalue weighted by Gasteiger charge is -2.08. The number of benzene rings is 3. The van der Waals surface area contributed by atoms with Crippen molar-refractivity contribution in [3.05, 3.63) is 70.7 Å². The van der Waals surface area contributed by atoms with Crippen molar-refractivity contribution < 1.29 is 14.4 Å². The number of amides is 3. The Morgan fingerprint density at radius 1 is 0.871 bits per heavy atom. The van der Waals surface area contributed by atoms with Crippen LogP contribution in [0.3, 0.4) is 0 Å². The van der Waals surface area contributed by atoms with Crippen molar-refractivity contribution in [3.8, 4) is 0 Å². The number of nitrogens with one attached hydrogen (secondary N) is 3. The molecule has 3 N–H and O–H groups in total. The summed E-state index contributed by atoms with van der Waals surface area (Å²) in [6.07, 6.45) is -0.102. The highest BCUT2D eigenvalue weighted by atomic mass is 35.5. The number of hydrogen-bond donors (Lipinski definition) is 3. The Labute approximate surface area is 188 Å². The first-order valence-corrected chi connectivity index (χ1v) is 9.95. The minimum Gasteiger partial charge on any atom is -0.326 e. The van der Waals surface area contributed by atoms with Crippen LogP contribution in [0.2, 0.25) is 10.0 Å². The van der Waals surface area contributed by atoms with Gasteiger partial charge in [0.25, 0.3) is 0 Å². The van der Waals surface area contributed by atoms with Crippen LogP contribution in [0.1, 0.15) is 13.3 Å². The van der Waals surface area contributed by atoms with Crippen LogP contribution in [-0.4, -0.2) is 23.4 Å². The Morgan fingerprint density at radius 2 is 1.55 bits per heavy atom. The molecule has 0 unspecified atom stereocenters. The number of anilines is 2. The van der Waals surface area contributed by atoms with E-state index in [0.717, 1.165) is 10.8 Å². The van der Waals surface area contributed by atoms with E-state index in [-0.39, 0.29) is 12.3 Å². The third-order valence-electron chi connectivity index (χ3n) is 4.16. The van der Waals surface area contributed by atoms with Gasteiger partial charge in [0.15, 0.2) is 0 Å². The van der Waals surface area contributed by atoms with Crippen molar-refractivity contribution in [2.24, 2.45) is 5.10 Å². The molecule has 0 aromatic heterocycles. The second kappa shape index (κ2) is 10.1. The maximum Gasteiger partial charge on any atom is 0.329 e. The van der Waals surface area contributed by atoms with Gasteiger partial charge in [-0.05, 0) is 36.6 Å². The molecule has 3 aromatic rings. The predicted molar refractivity (Wildman–Crippen MR) is 124 cm³/mol. The van der Waals surface area contributed by atoms with E-state index in [1.807, 2.05) is 30.3 Å². The lowest BCUT2D eigenvalue weighted by molar-refractivity contribution is -0.136. The molecule has 9 heteroatoms. The number of rotatable bonds is 5. The first kappa shape index (κ1) is 22.3. The van der Waals surface area contributed by atoms with Gasteiger partial charge in [-0.3, -0.25) is 14.4 Å². The average Bonchev–Trinajstić information content (AvgIpc) is 2.71. The van der Waals surface area contributed by atoms with Gasteiger partial charge in [-0.15, -0.1) is 0 Å². The summed E-state index contributed by atoms with van der Waals surface area (Å²) >= 11 is 11.8. The molecule has 0 aliphatic rings. The number of halogens is 2. The van der Waals surface area contributed by atoms with E-state index >= 15 is 0 Å². The zero-order valence-corrected chi connectivity index (χ0v) is 17.9. The van der Waals surface area contributed by atoms with E-state index in [4.69, 9.17) is 23.2 Å². The fourth-order valence-corrected chi connectivity index (χ4v) is 3.34. The van der Waals surface area contributed by atoms with Crippen LogP contribution in [0.25, 0.3) is 10.8 Å². The molecule has 0 spiro atoms. The maximum absolute atomic E-state index is 12.2. The number of hydrazone groups is 1. The predicted octanol–water partition coefficient (Wildman–Crippen LogP) is 4.61. The Morgan fingerprint density at radius 3 is 2.29 bits per heavy atom. The van der Waals surface area contributed by atoms with Gasteiger partial charge in [0.2, 0.25) is 5.91 Å². The fraction of sp³-hybridized carbons (Fsp3) is 0.0909. The van der Waals surface area contributed by atoms with Gasteiger partial charge in [0.1, 0.15) is 0 Å². The molecule has 0 heterocycles. The van der Waals surface area contributed by atoms with Gasteiger partial charge in [-0.1, -0.05) is 59.6 Å². The van der Waals surface area contributed by atoms with Crippen molar-refractivity contribution in [1.29, 1.82) is 0 Å². The minimum absolute atomic E-state index is 0.102. The Balaban J connectivity index is 1.55. The van der Waals surface area contributed by atoms with Gasteiger partial charge in [-0.2, -0.15) is 5.10 Å². The standard InChI is InChI=1S/C22H18Cl2N4O3/c1-13(9-20(29)25-17-11-15(23)10-16(24)12-17)27-28-22(31)21(30)26-19-8-4-6-14-5-2-3-7-18(14)19/h2-8,10-12H,9H2,1H3,(H,25,29)(H,26,30)(H,28,31)/b27-13+. The first-order valence-electron chi connectivity index (χ1n) is 9.20. The first-order chi connectivity index (χ1) is 14.8. The molecule has 3 amide bonds. The van der Waals surface area contributed by atoms with Crippen LogP contribution >= 0.6 is 23.2 Å². The second-order valence-electron chi connectivity index (χ2n) is 6.65. The Kier molecular flexibility index (Phi) is 7.23. The molecule has 158 valence electrons. The van der Waals surface area contributed by atoms with Crippen molar-refractivity contribution >= 4 is 68.8 Å². The number of hydrogen-bond acceptors (Lipinski definition) is 4. The lowest BCUT2D eigenvalue weighted by atomic mass is 10.1. The smallest absolute Gasteiger partial charge is 0.326 e. The maximum atomic E-state index is 12.2. The van der Waals surface area contributed by atoms with Crippen molar-refractivity contribution in [2.75, 3.05) is 10.6 Å². The quantitative estimate of drug-likeness (QED) is 0.297. The average molecular weight is 457 g/mol. The highest BCUT2D eigenvalue weighted by Crippen LogP contribution is 2.23. The summed E-state index contributed by atoms with van der Waals surface area (Å²) in [5.74, 6) is -2.20. The van der Waals surface area contributed by atoms with Gasteiger partial charge in [-0.25, -0.2) is 5.43 Å². The highest BCUT2D eigenvalue weighted by molar-refractivity contribution is 6.40. The molecule has 0 bridgehead atoms.